The molecule has 0 bridgehead atoms. The highest BCUT2D eigenvalue weighted by Gasteiger charge is 2.06. The van der Waals surface area contributed by atoms with E-state index in [1.165, 1.54) is 0 Å². The summed E-state index contributed by atoms with van der Waals surface area (Å²) in [5.41, 5.74) is -0.0326. The molecule has 0 spiro atoms. The molecule has 14 heavy (non-hydrogen) atoms. The van der Waals surface area contributed by atoms with Gasteiger partial charge in [-0.1, -0.05) is 12.5 Å². The van der Waals surface area contributed by atoms with Crippen LogP contribution in [0.15, 0.2) is 12.2 Å². The molecule has 0 aromatic heterocycles. The number of carboxylic acids is 1. The smallest absolute Gasteiger partial charge is 0.478 e. The second-order valence-electron chi connectivity index (χ2n) is 2.25. The standard InChI is InChI=1S/C9H10O5/c1-3-5-13-9(12)14-6-4-7(2)8(10)11/h1H,2,4-6H2,(H,10,11). The zero-order valence-electron chi connectivity index (χ0n) is 7.49. The van der Waals surface area contributed by atoms with E-state index in [0.29, 0.717) is 0 Å². The van der Waals surface area contributed by atoms with Crippen LogP contribution in [0.5, 0.6) is 0 Å². The van der Waals surface area contributed by atoms with Crippen molar-refractivity contribution in [2.75, 3.05) is 13.2 Å². The van der Waals surface area contributed by atoms with Crippen LogP contribution >= 0.6 is 0 Å². The van der Waals surface area contributed by atoms with Crippen LogP contribution in [0.2, 0.25) is 0 Å². The molecule has 0 atom stereocenters. The molecular weight excluding hydrogens is 188 g/mol. The summed E-state index contributed by atoms with van der Waals surface area (Å²) in [6, 6.07) is 0. The van der Waals surface area contributed by atoms with E-state index in [-0.39, 0.29) is 25.2 Å². The van der Waals surface area contributed by atoms with Gasteiger partial charge in [-0.25, -0.2) is 9.59 Å². The van der Waals surface area contributed by atoms with Crippen LogP contribution < -0.4 is 0 Å². The number of terminal acetylenes is 1. The third-order valence-corrected chi connectivity index (χ3v) is 1.20. The summed E-state index contributed by atoms with van der Waals surface area (Å²) < 4.78 is 8.84. The summed E-state index contributed by atoms with van der Waals surface area (Å²) >= 11 is 0. The molecule has 0 heterocycles. The number of carbonyl (C=O) groups excluding carboxylic acids is 1. The first-order chi connectivity index (χ1) is 6.57. The molecule has 76 valence electrons. The Bertz CT molecular complexity index is 273. The lowest BCUT2D eigenvalue weighted by molar-refractivity contribution is -0.132. The Balaban J connectivity index is 3.55. The Morgan fingerprint density at radius 1 is 1.43 bits per heavy atom. The highest BCUT2D eigenvalue weighted by Crippen LogP contribution is 1.98. The lowest BCUT2D eigenvalue weighted by Crippen LogP contribution is -2.10. The highest BCUT2D eigenvalue weighted by molar-refractivity contribution is 5.85. The number of carboxylic acid groups (broad SMARTS) is 1. The van der Waals surface area contributed by atoms with E-state index in [0.717, 1.165) is 0 Å². The van der Waals surface area contributed by atoms with Crippen LogP contribution in [0, 0.1) is 12.3 Å². The fourth-order valence-corrected chi connectivity index (χ4v) is 0.507. The Labute approximate surface area is 81.3 Å². The van der Waals surface area contributed by atoms with Crippen molar-refractivity contribution < 1.29 is 24.2 Å². The minimum absolute atomic E-state index is 0.0326. The molecule has 0 aromatic carbocycles. The molecule has 0 saturated heterocycles. The van der Waals surface area contributed by atoms with E-state index in [1.807, 2.05) is 0 Å². The van der Waals surface area contributed by atoms with Crippen LogP contribution in [0.25, 0.3) is 0 Å². The SMILES string of the molecule is C#CCOC(=O)OCCC(=C)C(=O)O. The predicted octanol–water partition coefficient (Wildman–Crippen LogP) is 0.804. The maximum Gasteiger partial charge on any atom is 0.509 e. The maximum atomic E-state index is 10.6. The summed E-state index contributed by atoms with van der Waals surface area (Å²) in [6.45, 7) is 2.99. The molecule has 0 aromatic rings. The van der Waals surface area contributed by atoms with Crippen molar-refractivity contribution in [2.45, 2.75) is 6.42 Å². The van der Waals surface area contributed by atoms with E-state index >= 15 is 0 Å². The second kappa shape index (κ2) is 6.54. The zero-order chi connectivity index (χ0) is 11.0. The van der Waals surface area contributed by atoms with E-state index in [2.05, 4.69) is 22.0 Å². The molecule has 0 unspecified atom stereocenters. The van der Waals surface area contributed by atoms with Gasteiger partial charge in [-0.15, -0.1) is 6.42 Å². The predicted molar refractivity (Wildman–Crippen MR) is 47.5 cm³/mol. The third-order valence-electron chi connectivity index (χ3n) is 1.20. The fraction of sp³-hybridized carbons (Fsp3) is 0.333. The molecule has 5 heteroatoms. The number of carbonyl (C=O) groups is 2. The minimum Gasteiger partial charge on any atom is -0.478 e. The van der Waals surface area contributed by atoms with Gasteiger partial charge in [0.25, 0.3) is 0 Å². The second-order valence-corrected chi connectivity index (χ2v) is 2.25. The fourth-order valence-electron chi connectivity index (χ4n) is 0.507. The summed E-state index contributed by atoms with van der Waals surface area (Å²) in [5.74, 6) is 0.961. The highest BCUT2D eigenvalue weighted by atomic mass is 16.7. The van der Waals surface area contributed by atoms with Crippen LogP contribution in [0.1, 0.15) is 6.42 Å². The maximum absolute atomic E-state index is 10.6. The van der Waals surface area contributed by atoms with Gasteiger partial charge in [0.1, 0.15) is 0 Å². The molecule has 0 saturated carbocycles. The Kier molecular flexibility index (Phi) is 5.63. The first-order valence-corrected chi connectivity index (χ1v) is 3.72. The third kappa shape index (κ3) is 5.66. The topological polar surface area (TPSA) is 72.8 Å². The Hall–Kier alpha value is -1.96. The summed E-state index contributed by atoms with van der Waals surface area (Å²) in [6.07, 6.45) is 3.96. The molecule has 5 nitrogen and oxygen atoms in total. The first kappa shape index (κ1) is 12.0. The van der Waals surface area contributed by atoms with E-state index in [1.54, 1.807) is 0 Å². The van der Waals surface area contributed by atoms with Gasteiger partial charge in [0.15, 0.2) is 6.61 Å². The number of rotatable bonds is 5. The number of hydrogen-bond donors (Lipinski definition) is 1. The van der Waals surface area contributed by atoms with Gasteiger partial charge in [-0.05, 0) is 0 Å². The van der Waals surface area contributed by atoms with Crippen molar-refractivity contribution >= 4 is 12.1 Å². The summed E-state index contributed by atoms with van der Waals surface area (Å²) in [7, 11) is 0. The molecule has 1 N–H and O–H groups in total. The van der Waals surface area contributed by atoms with Gasteiger partial charge in [0.2, 0.25) is 0 Å². The van der Waals surface area contributed by atoms with Crippen LogP contribution in [0.4, 0.5) is 4.79 Å². The average Bonchev–Trinajstić information content (AvgIpc) is 2.14. The van der Waals surface area contributed by atoms with Crippen molar-refractivity contribution in [3.63, 3.8) is 0 Å². The summed E-state index contributed by atoms with van der Waals surface area (Å²) in [5, 5.41) is 8.39. The zero-order valence-corrected chi connectivity index (χ0v) is 7.49. The molecule has 0 radical (unpaired) electrons. The Morgan fingerprint density at radius 3 is 2.57 bits per heavy atom. The van der Waals surface area contributed by atoms with Gasteiger partial charge < -0.3 is 14.6 Å². The molecule has 0 rings (SSSR count). The van der Waals surface area contributed by atoms with E-state index in [9.17, 15) is 9.59 Å². The average molecular weight is 198 g/mol. The molecule has 0 aliphatic rings. The monoisotopic (exact) mass is 198 g/mol. The molecule has 0 fully saturated rings. The number of ether oxygens (including phenoxy) is 2. The first-order valence-electron chi connectivity index (χ1n) is 3.72. The van der Waals surface area contributed by atoms with Gasteiger partial charge in [-0.2, -0.15) is 0 Å². The number of aliphatic carboxylic acids is 1. The summed E-state index contributed by atoms with van der Waals surface area (Å²) in [4.78, 5) is 20.9. The Morgan fingerprint density at radius 2 is 2.07 bits per heavy atom. The quantitative estimate of drug-likeness (QED) is 0.402. The molecule has 0 aliphatic carbocycles. The van der Waals surface area contributed by atoms with Crippen molar-refractivity contribution in [1.29, 1.82) is 0 Å². The largest absolute Gasteiger partial charge is 0.509 e. The van der Waals surface area contributed by atoms with Crippen molar-refractivity contribution in [2.24, 2.45) is 0 Å². The van der Waals surface area contributed by atoms with Crippen molar-refractivity contribution in [3.8, 4) is 12.3 Å². The van der Waals surface area contributed by atoms with Crippen LogP contribution in [-0.2, 0) is 14.3 Å². The molecule has 0 amide bonds. The van der Waals surface area contributed by atoms with Crippen LogP contribution in [-0.4, -0.2) is 30.4 Å². The minimum atomic E-state index is -1.12. The lowest BCUT2D eigenvalue weighted by Gasteiger charge is -2.03. The van der Waals surface area contributed by atoms with Gasteiger partial charge in [0, 0.05) is 12.0 Å². The van der Waals surface area contributed by atoms with Gasteiger partial charge in [0.05, 0.1) is 6.61 Å². The van der Waals surface area contributed by atoms with Gasteiger partial charge >= 0.3 is 12.1 Å². The number of hydrogen-bond acceptors (Lipinski definition) is 4. The molecular formula is C9H10O5. The van der Waals surface area contributed by atoms with Crippen LogP contribution in [0.3, 0.4) is 0 Å². The van der Waals surface area contributed by atoms with Crippen molar-refractivity contribution in [1.82, 2.24) is 0 Å². The molecule has 0 aliphatic heterocycles. The lowest BCUT2D eigenvalue weighted by atomic mass is 10.2. The normalized spacial score (nSPS) is 8.50. The van der Waals surface area contributed by atoms with E-state index < -0.39 is 12.1 Å². The van der Waals surface area contributed by atoms with Crippen molar-refractivity contribution in [3.05, 3.63) is 12.2 Å². The van der Waals surface area contributed by atoms with E-state index in [4.69, 9.17) is 11.5 Å². The van der Waals surface area contributed by atoms with Gasteiger partial charge in [-0.3, -0.25) is 0 Å².